The number of carbonyl (C=O) groups excluding carboxylic acids is 2. The van der Waals surface area contributed by atoms with Crippen LogP contribution in [0, 0.1) is 11.8 Å². The minimum atomic E-state index is -0.294. The highest BCUT2D eigenvalue weighted by molar-refractivity contribution is 5.97. The Morgan fingerprint density at radius 3 is 2.37 bits per heavy atom. The van der Waals surface area contributed by atoms with Gasteiger partial charge < -0.3 is 10.2 Å². The molecule has 1 saturated carbocycles. The predicted molar refractivity (Wildman–Crippen MR) is 74.5 cm³/mol. The standard InChI is InChI=1S/C15H26N2O2/c1-4-17-13(10(2)3)14(18)16-12(15(17)19)11-8-6-5-7-9-11/h10-13H,4-9H2,1-3H3,(H,16,18). The van der Waals surface area contributed by atoms with Gasteiger partial charge in [-0.3, -0.25) is 9.59 Å². The first kappa shape index (κ1) is 14.4. The molecule has 2 amide bonds. The molecule has 2 atom stereocenters. The van der Waals surface area contributed by atoms with Gasteiger partial charge in [-0.1, -0.05) is 33.1 Å². The predicted octanol–water partition coefficient (Wildman–Crippen LogP) is 1.94. The summed E-state index contributed by atoms with van der Waals surface area (Å²) in [6.07, 6.45) is 5.77. The maximum Gasteiger partial charge on any atom is 0.246 e. The highest BCUT2D eigenvalue weighted by Gasteiger charge is 2.44. The SMILES string of the molecule is CCN1C(=O)C(C2CCCCC2)NC(=O)C1C(C)C. The van der Waals surface area contributed by atoms with E-state index >= 15 is 0 Å². The van der Waals surface area contributed by atoms with Crippen LogP contribution in [0.2, 0.25) is 0 Å². The number of amides is 2. The first-order valence-corrected chi connectivity index (χ1v) is 7.67. The van der Waals surface area contributed by atoms with E-state index in [1.54, 1.807) is 4.90 Å². The number of nitrogens with one attached hydrogen (secondary N) is 1. The summed E-state index contributed by atoms with van der Waals surface area (Å²) < 4.78 is 0. The van der Waals surface area contributed by atoms with Gasteiger partial charge in [0.2, 0.25) is 11.8 Å². The van der Waals surface area contributed by atoms with Crippen molar-refractivity contribution < 1.29 is 9.59 Å². The zero-order chi connectivity index (χ0) is 14.0. The smallest absolute Gasteiger partial charge is 0.246 e. The molecule has 2 aliphatic rings. The number of likely N-dealkylation sites (N-methyl/N-ethyl adjacent to an activating group) is 1. The molecule has 1 heterocycles. The molecule has 0 spiro atoms. The number of piperazine rings is 1. The molecule has 0 aromatic heterocycles. The third kappa shape index (κ3) is 2.77. The van der Waals surface area contributed by atoms with E-state index < -0.39 is 0 Å². The Labute approximate surface area is 115 Å². The third-order valence-corrected chi connectivity index (χ3v) is 4.54. The Balaban J connectivity index is 2.15. The van der Waals surface area contributed by atoms with E-state index in [4.69, 9.17) is 0 Å². The highest BCUT2D eigenvalue weighted by atomic mass is 16.2. The van der Waals surface area contributed by atoms with Crippen LogP contribution < -0.4 is 5.32 Å². The summed E-state index contributed by atoms with van der Waals surface area (Å²) >= 11 is 0. The second-order valence-electron chi connectivity index (χ2n) is 6.20. The molecule has 0 aromatic carbocycles. The van der Waals surface area contributed by atoms with Crippen molar-refractivity contribution in [2.45, 2.75) is 65.0 Å². The molecule has 1 N–H and O–H groups in total. The monoisotopic (exact) mass is 266 g/mol. The summed E-state index contributed by atoms with van der Waals surface area (Å²) in [5, 5.41) is 3.00. The molecule has 1 aliphatic heterocycles. The summed E-state index contributed by atoms with van der Waals surface area (Å²) in [4.78, 5) is 26.7. The van der Waals surface area contributed by atoms with E-state index in [0.29, 0.717) is 12.5 Å². The number of nitrogens with zero attached hydrogens (tertiary/aromatic N) is 1. The van der Waals surface area contributed by atoms with E-state index in [1.807, 2.05) is 20.8 Å². The van der Waals surface area contributed by atoms with Crippen molar-refractivity contribution in [2.24, 2.45) is 11.8 Å². The molecular formula is C15H26N2O2. The number of carbonyl (C=O) groups is 2. The van der Waals surface area contributed by atoms with Gasteiger partial charge in [-0.25, -0.2) is 0 Å². The number of hydrogen-bond acceptors (Lipinski definition) is 2. The molecule has 108 valence electrons. The van der Waals surface area contributed by atoms with Crippen LogP contribution in [0.25, 0.3) is 0 Å². The second kappa shape index (κ2) is 5.93. The molecule has 0 radical (unpaired) electrons. The van der Waals surface area contributed by atoms with E-state index in [1.165, 1.54) is 19.3 Å². The van der Waals surface area contributed by atoms with Gasteiger partial charge in [-0.05, 0) is 31.6 Å². The Morgan fingerprint density at radius 1 is 1.21 bits per heavy atom. The molecule has 0 aromatic rings. The van der Waals surface area contributed by atoms with Gasteiger partial charge in [-0.2, -0.15) is 0 Å². The Hall–Kier alpha value is -1.06. The molecule has 1 saturated heterocycles. The molecule has 0 bridgehead atoms. The van der Waals surface area contributed by atoms with Gasteiger partial charge in [0.05, 0.1) is 0 Å². The fraction of sp³-hybridized carbons (Fsp3) is 0.867. The summed E-state index contributed by atoms with van der Waals surface area (Å²) in [5.41, 5.74) is 0. The van der Waals surface area contributed by atoms with Gasteiger partial charge in [-0.15, -0.1) is 0 Å². The summed E-state index contributed by atoms with van der Waals surface area (Å²) in [6, 6.07) is -0.569. The van der Waals surface area contributed by atoms with Crippen molar-refractivity contribution in [3.63, 3.8) is 0 Å². The van der Waals surface area contributed by atoms with Gasteiger partial charge in [0.1, 0.15) is 12.1 Å². The average Bonchev–Trinajstić information content (AvgIpc) is 2.41. The van der Waals surface area contributed by atoms with Crippen molar-refractivity contribution in [3.8, 4) is 0 Å². The van der Waals surface area contributed by atoms with E-state index in [9.17, 15) is 9.59 Å². The van der Waals surface area contributed by atoms with Crippen molar-refractivity contribution >= 4 is 11.8 Å². The molecule has 2 rings (SSSR count). The van der Waals surface area contributed by atoms with Crippen LogP contribution >= 0.6 is 0 Å². The third-order valence-electron chi connectivity index (χ3n) is 4.54. The number of rotatable bonds is 3. The molecule has 4 nitrogen and oxygen atoms in total. The van der Waals surface area contributed by atoms with E-state index in [2.05, 4.69) is 5.32 Å². The van der Waals surface area contributed by atoms with Crippen LogP contribution in [0.5, 0.6) is 0 Å². The first-order chi connectivity index (χ1) is 9.06. The fourth-order valence-electron chi connectivity index (χ4n) is 3.56. The zero-order valence-electron chi connectivity index (χ0n) is 12.3. The van der Waals surface area contributed by atoms with Crippen molar-refractivity contribution in [2.75, 3.05) is 6.54 Å². The number of hydrogen-bond donors (Lipinski definition) is 1. The van der Waals surface area contributed by atoms with Crippen molar-refractivity contribution in [1.82, 2.24) is 10.2 Å². The Bertz CT molecular complexity index is 348. The minimum Gasteiger partial charge on any atom is -0.342 e. The fourth-order valence-corrected chi connectivity index (χ4v) is 3.56. The van der Waals surface area contributed by atoms with Gasteiger partial charge in [0.15, 0.2) is 0 Å². The lowest BCUT2D eigenvalue weighted by molar-refractivity contribution is -0.152. The van der Waals surface area contributed by atoms with Crippen LogP contribution in [0.1, 0.15) is 52.9 Å². The zero-order valence-corrected chi connectivity index (χ0v) is 12.3. The normalized spacial score (nSPS) is 29.8. The summed E-state index contributed by atoms with van der Waals surface area (Å²) in [5.74, 6) is 0.670. The maximum atomic E-state index is 12.6. The average molecular weight is 266 g/mol. The van der Waals surface area contributed by atoms with Crippen LogP contribution in [-0.2, 0) is 9.59 Å². The van der Waals surface area contributed by atoms with Gasteiger partial charge >= 0.3 is 0 Å². The van der Waals surface area contributed by atoms with Crippen LogP contribution in [-0.4, -0.2) is 35.3 Å². The lowest BCUT2D eigenvalue weighted by atomic mass is 9.81. The lowest BCUT2D eigenvalue weighted by Gasteiger charge is -2.43. The largest absolute Gasteiger partial charge is 0.342 e. The molecule has 1 aliphatic carbocycles. The van der Waals surface area contributed by atoms with Gasteiger partial charge in [0.25, 0.3) is 0 Å². The quantitative estimate of drug-likeness (QED) is 0.848. The van der Waals surface area contributed by atoms with E-state index in [-0.39, 0.29) is 29.8 Å². The van der Waals surface area contributed by atoms with E-state index in [0.717, 1.165) is 12.8 Å². The second-order valence-corrected chi connectivity index (χ2v) is 6.20. The molecule has 2 fully saturated rings. The molecule has 2 unspecified atom stereocenters. The molecular weight excluding hydrogens is 240 g/mol. The maximum absolute atomic E-state index is 12.6. The van der Waals surface area contributed by atoms with Crippen LogP contribution in [0.4, 0.5) is 0 Å². The molecule has 19 heavy (non-hydrogen) atoms. The first-order valence-electron chi connectivity index (χ1n) is 7.67. The minimum absolute atomic E-state index is 0.0343. The lowest BCUT2D eigenvalue weighted by Crippen LogP contribution is -2.66. The van der Waals surface area contributed by atoms with Crippen LogP contribution in [0.15, 0.2) is 0 Å². The van der Waals surface area contributed by atoms with Gasteiger partial charge in [0, 0.05) is 6.54 Å². The summed E-state index contributed by atoms with van der Waals surface area (Å²) in [7, 11) is 0. The van der Waals surface area contributed by atoms with Crippen molar-refractivity contribution in [3.05, 3.63) is 0 Å². The molecule has 4 heteroatoms. The topological polar surface area (TPSA) is 49.4 Å². The van der Waals surface area contributed by atoms with Crippen molar-refractivity contribution in [1.29, 1.82) is 0 Å². The summed E-state index contributed by atoms with van der Waals surface area (Å²) in [6.45, 7) is 6.59. The Morgan fingerprint density at radius 2 is 1.84 bits per heavy atom. The Kier molecular flexibility index (Phi) is 4.48. The highest BCUT2D eigenvalue weighted by Crippen LogP contribution is 2.30. The van der Waals surface area contributed by atoms with Crippen LogP contribution in [0.3, 0.4) is 0 Å².